The summed E-state index contributed by atoms with van der Waals surface area (Å²) < 4.78 is 7.60. The summed E-state index contributed by atoms with van der Waals surface area (Å²) in [4.78, 5) is 18.9. The van der Waals surface area contributed by atoms with E-state index in [9.17, 15) is 4.79 Å². The second-order valence-electron chi connectivity index (χ2n) is 6.85. The van der Waals surface area contributed by atoms with Crippen LogP contribution in [0.2, 0.25) is 0 Å². The van der Waals surface area contributed by atoms with Crippen LogP contribution in [-0.4, -0.2) is 16.5 Å². The van der Waals surface area contributed by atoms with Crippen molar-refractivity contribution in [3.8, 4) is 28.3 Å². The molecule has 0 bridgehead atoms. The fourth-order valence-electron chi connectivity index (χ4n) is 3.51. The molecule has 5 aromatic rings. The van der Waals surface area contributed by atoms with Gasteiger partial charge in [-0.3, -0.25) is 4.79 Å². The number of thiazole rings is 1. The molecule has 2 aromatic heterocycles. The average molecular weight is 410 g/mol. The quantitative estimate of drug-likeness (QED) is 0.433. The molecule has 0 atom stereocenters. The van der Waals surface area contributed by atoms with Gasteiger partial charge in [0.15, 0.2) is 4.96 Å². The molecule has 0 unspecified atom stereocenters. The fourth-order valence-corrected chi connectivity index (χ4v) is 4.48. The third-order valence-corrected chi connectivity index (χ3v) is 5.94. The second-order valence-corrected chi connectivity index (χ2v) is 7.86. The summed E-state index contributed by atoms with van der Waals surface area (Å²) in [5, 5.41) is 0. The lowest BCUT2D eigenvalue weighted by molar-refractivity contribution is 0.415. The summed E-state index contributed by atoms with van der Waals surface area (Å²) in [5.41, 5.74) is 4.50. The molecule has 0 N–H and O–H groups in total. The van der Waals surface area contributed by atoms with E-state index in [-0.39, 0.29) is 5.56 Å². The van der Waals surface area contributed by atoms with Gasteiger partial charge in [-0.2, -0.15) is 0 Å². The van der Waals surface area contributed by atoms with Crippen LogP contribution in [0.25, 0.3) is 33.6 Å². The van der Waals surface area contributed by atoms with E-state index in [4.69, 9.17) is 9.72 Å². The maximum atomic E-state index is 13.4. The lowest BCUT2D eigenvalue weighted by atomic mass is 10.1. The van der Waals surface area contributed by atoms with Crippen LogP contribution in [-0.2, 0) is 0 Å². The van der Waals surface area contributed by atoms with Crippen LogP contribution in [0.4, 0.5) is 0 Å². The highest BCUT2D eigenvalue weighted by molar-refractivity contribution is 7.15. The maximum absolute atomic E-state index is 13.4. The van der Waals surface area contributed by atoms with E-state index in [1.165, 1.54) is 11.3 Å². The molecule has 0 spiro atoms. The van der Waals surface area contributed by atoms with Crippen molar-refractivity contribution in [1.29, 1.82) is 0 Å². The monoisotopic (exact) mass is 410 g/mol. The zero-order chi connectivity index (χ0) is 20.5. The molecule has 0 saturated heterocycles. The first-order valence-corrected chi connectivity index (χ1v) is 10.4. The van der Waals surface area contributed by atoms with Crippen molar-refractivity contribution in [2.24, 2.45) is 0 Å². The molecule has 2 heterocycles. The highest BCUT2D eigenvalue weighted by Gasteiger charge is 2.19. The number of methoxy groups -OCH3 is 1. The molecule has 146 valence electrons. The summed E-state index contributed by atoms with van der Waals surface area (Å²) in [6.45, 7) is 0. The van der Waals surface area contributed by atoms with Gasteiger partial charge in [0.1, 0.15) is 5.75 Å². The zero-order valence-corrected chi connectivity index (χ0v) is 17.1. The number of fused-ring (bicyclic) bond motifs is 1. The summed E-state index contributed by atoms with van der Waals surface area (Å²) in [6, 6.07) is 27.6. The molecule has 0 aliphatic rings. The van der Waals surface area contributed by atoms with Crippen LogP contribution in [0.15, 0.2) is 89.7 Å². The van der Waals surface area contributed by atoms with Gasteiger partial charge in [-0.25, -0.2) is 9.38 Å². The van der Waals surface area contributed by atoms with Crippen LogP contribution < -0.4 is 14.8 Å². The normalized spacial score (nSPS) is 11.8. The Morgan fingerprint density at radius 2 is 1.50 bits per heavy atom. The Kier molecular flexibility index (Phi) is 4.65. The number of nitrogens with zero attached hydrogens (tertiary/aromatic N) is 2. The van der Waals surface area contributed by atoms with E-state index in [0.29, 0.717) is 9.49 Å². The van der Waals surface area contributed by atoms with Crippen molar-refractivity contribution in [3.05, 3.63) is 105 Å². The number of hydrogen-bond donors (Lipinski definition) is 0. The number of benzene rings is 3. The molecule has 0 saturated carbocycles. The lowest BCUT2D eigenvalue weighted by Gasteiger charge is -2.04. The highest BCUT2D eigenvalue weighted by atomic mass is 32.1. The van der Waals surface area contributed by atoms with Gasteiger partial charge in [0.2, 0.25) is 0 Å². The van der Waals surface area contributed by atoms with Gasteiger partial charge >= 0.3 is 0 Å². The molecule has 5 heteroatoms. The van der Waals surface area contributed by atoms with Gasteiger partial charge in [-0.05, 0) is 23.8 Å². The number of hydrogen-bond acceptors (Lipinski definition) is 4. The SMILES string of the molecule is COc1ccc(/C=c2\sc3nc(-c4ccccc4)c(-c4ccccc4)n3c2=O)cc1. The van der Waals surface area contributed by atoms with Gasteiger partial charge in [0.25, 0.3) is 5.56 Å². The summed E-state index contributed by atoms with van der Waals surface area (Å²) in [6.07, 6.45) is 1.90. The number of aromatic nitrogens is 2. The molecular weight excluding hydrogens is 392 g/mol. The van der Waals surface area contributed by atoms with E-state index in [0.717, 1.165) is 33.8 Å². The predicted molar refractivity (Wildman–Crippen MR) is 122 cm³/mol. The van der Waals surface area contributed by atoms with Crippen LogP contribution in [0.3, 0.4) is 0 Å². The predicted octanol–water partition coefficient (Wildman–Crippen LogP) is 4.65. The fraction of sp³-hybridized carbons (Fsp3) is 0.0400. The second kappa shape index (κ2) is 7.61. The zero-order valence-electron chi connectivity index (χ0n) is 16.3. The molecule has 4 nitrogen and oxygen atoms in total. The smallest absolute Gasteiger partial charge is 0.274 e. The Hall–Kier alpha value is -3.70. The summed E-state index contributed by atoms with van der Waals surface area (Å²) in [7, 11) is 1.64. The van der Waals surface area contributed by atoms with Crippen molar-refractivity contribution in [1.82, 2.24) is 9.38 Å². The Bertz CT molecular complexity index is 1420. The van der Waals surface area contributed by atoms with Crippen molar-refractivity contribution < 1.29 is 4.74 Å². The molecule has 5 rings (SSSR count). The minimum Gasteiger partial charge on any atom is -0.497 e. The van der Waals surface area contributed by atoms with E-state index < -0.39 is 0 Å². The molecule has 0 fully saturated rings. The van der Waals surface area contributed by atoms with Crippen LogP contribution >= 0.6 is 11.3 Å². The molecule has 0 aliphatic heterocycles. The van der Waals surface area contributed by atoms with E-state index >= 15 is 0 Å². The molecular formula is C25H18N2O2S. The van der Waals surface area contributed by atoms with E-state index in [1.54, 1.807) is 11.5 Å². The molecule has 3 aromatic carbocycles. The van der Waals surface area contributed by atoms with Crippen molar-refractivity contribution in [2.75, 3.05) is 7.11 Å². The first-order valence-electron chi connectivity index (χ1n) is 9.56. The summed E-state index contributed by atoms with van der Waals surface area (Å²) >= 11 is 1.41. The molecule has 0 radical (unpaired) electrons. The highest BCUT2D eigenvalue weighted by Crippen LogP contribution is 2.32. The Morgan fingerprint density at radius 1 is 0.867 bits per heavy atom. The largest absolute Gasteiger partial charge is 0.497 e. The van der Waals surface area contributed by atoms with Crippen LogP contribution in [0.5, 0.6) is 5.75 Å². The Labute approximate surface area is 177 Å². The van der Waals surface area contributed by atoms with Gasteiger partial charge in [-0.1, -0.05) is 84.1 Å². The standard InChI is InChI=1S/C25H18N2O2S/c1-29-20-14-12-17(13-15-20)16-21-24(28)27-23(19-10-6-3-7-11-19)22(26-25(27)30-21)18-8-4-2-5-9-18/h2-16H,1H3/b21-16-. The average Bonchev–Trinajstić information content (AvgIpc) is 3.32. The topological polar surface area (TPSA) is 43.6 Å². The number of imidazole rings is 1. The minimum atomic E-state index is -0.0562. The Morgan fingerprint density at radius 3 is 2.13 bits per heavy atom. The van der Waals surface area contributed by atoms with Crippen molar-refractivity contribution in [2.45, 2.75) is 0 Å². The first kappa shape index (κ1) is 18.3. The molecule has 30 heavy (non-hydrogen) atoms. The van der Waals surface area contributed by atoms with Gasteiger partial charge in [-0.15, -0.1) is 0 Å². The van der Waals surface area contributed by atoms with Gasteiger partial charge in [0.05, 0.1) is 23.0 Å². The Balaban J connectivity index is 1.75. The van der Waals surface area contributed by atoms with E-state index in [1.807, 2.05) is 91.0 Å². The van der Waals surface area contributed by atoms with Crippen LogP contribution in [0, 0.1) is 0 Å². The van der Waals surface area contributed by atoms with Gasteiger partial charge in [0, 0.05) is 11.1 Å². The van der Waals surface area contributed by atoms with Gasteiger partial charge < -0.3 is 4.74 Å². The number of rotatable bonds is 4. The third kappa shape index (κ3) is 3.19. The lowest BCUT2D eigenvalue weighted by Crippen LogP contribution is -2.23. The maximum Gasteiger partial charge on any atom is 0.274 e. The minimum absolute atomic E-state index is 0.0562. The summed E-state index contributed by atoms with van der Waals surface area (Å²) in [5.74, 6) is 0.786. The number of ether oxygens (including phenoxy) is 1. The van der Waals surface area contributed by atoms with E-state index in [2.05, 4.69) is 0 Å². The van der Waals surface area contributed by atoms with Crippen molar-refractivity contribution in [3.63, 3.8) is 0 Å². The molecule has 0 amide bonds. The first-order chi connectivity index (χ1) is 14.7. The van der Waals surface area contributed by atoms with Crippen molar-refractivity contribution >= 4 is 22.4 Å². The molecule has 0 aliphatic carbocycles. The van der Waals surface area contributed by atoms with Crippen LogP contribution in [0.1, 0.15) is 5.56 Å². The third-order valence-electron chi connectivity index (χ3n) is 4.97.